The summed E-state index contributed by atoms with van der Waals surface area (Å²) in [5.41, 5.74) is 2.24. The van der Waals surface area contributed by atoms with E-state index in [2.05, 4.69) is 4.98 Å². The van der Waals surface area contributed by atoms with Crippen LogP contribution in [-0.4, -0.2) is 52.8 Å². The third-order valence-corrected chi connectivity index (χ3v) is 5.04. The van der Waals surface area contributed by atoms with Crippen LogP contribution in [0.5, 0.6) is 0 Å². The maximum Gasteiger partial charge on any atom is 0.289 e. The summed E-state index contributed by atoms with van der Waals surface area (Å²) in [5.74, 6) is 0.303. The Labute approximate surface area is 131 Å². The predicted octanol–water partition coefficient (Wildman–Crippen LogP) is 1.72. The maximum absolute atomic E-state index is 12.3. The molecular formula is C15H15N3O3S. The lowest BCUT2D eigenvalue weighted by Gasteiger charge is -2.47. The Balaban J connectivity index is 1.38. The Hall–Kier alpha value is -2.15. The van der Waals surface area contributed by atoms with E-state index in [1.165, 1.54) is 17.6 Å². The number of likely N-dealkylation sites (tertiary alicyclic amines) is 2. The largest absolute Gasteiger partial charge is 0.459 e. The quantitative estimate of drug-likeness (QED) is 0.846. The van der Waals surface area contributed by atoms with E-state index in [4.69, 9.17) is 4.42 Å². The molecule has 7 heteroatoms. The van der Waals surface area contributed by atoms with Gasteiger partial charge < -0.3 is 14.2 Å². The van der Waals surface area contributed by atoms with E-state index in [9.17, 15) is 9.59 Å². The van der Waals surface area contributed by atoms with Crippen LogP contribution in [0.1, 0.15) is 27.5 Å². The lowest BCUT2D eigenvalue weighted by atomic mass is 9.79. The molecule has 6 nitrogen and oxygen atoms in total. The predicted molar refractivity (Wildman–Crippen MR) is 79.7 cm³/mol. The van der Waals surface area contributed by atoms with Gasteiger partial charge in [0.15, 0.2) is 5.76 Å². The van der Waals surface area contributed by atoms with Crippen LogP contribution >= 0.6 is 11.3 Å². The molecule has 2 aromatic rings. The van der Waals surface area contributed by atoms with E-state index in [1.807, 2.05) is 4.90 Å². The average molecular weight is 317 g/mol. The Bertz CT molecular complexity index is 690. The number of carbonyl (C=O) groups excluding carboxylic acids is 2. The van der Waals surface area contributed by atoms with Gasteiger partial charge in [-0.25, -0.2) is 4.98 Å². The van der Waals surface area contributed by atoms with Gasteiger partial charge >= 0.3 is 0 Å². The number of hydrogen-bond acceptors (Lipinski definition) is 5. The smallest absolute Gasteiger partial charge is 0.289 e. The zero-order valence-electron chi connectivity index (χ0n) is 11.9. The van der Waals surface area contributed by atoms with Crippen molar-refractivity contribution in [2.75, 3.05) is 26.2 Å². The summed E-state index contributed by atoms with van der Waals surface area (Å²) in [4.78, 5) is 32.2. The monoisotopic (exact) mass is 317 g/mol. The minimum atomic E-state index is -0.0695. The molecule has 22 heavy (non-hydrogen) atoms. The van der Waals surface area contributed by atoms with Crippen LogP contribution in [0.25, 0.3) is 0 Å². The molecule has 4 rings (SSSR count). The highest BCUT2D eigenvalue weighted by molar-refractivity contribution is 7.07. The molecule has 4 heterocycles. The van der Waals surface area contributed by atoms with Gasteiger partial charge in [-0.2, -0.15) is 0 Å². The molecule has 0 N–H and O–H groups in total. The molecule has 114 valence electrons. The van der Waals surface area contributed by atoms with Crippen molar-refractivity contribution in [2.24, 2.45) is 5.41 Å². The van der Waals surface area contributed by atoms with Crippen molar-refractivity contribution >= 4 is 23.2 Å². The van der Waals surface area contributed by atoms with Crippen molar-refractivity contribution in [2.45, 2.75) is 6.42 Å². The first-order valence-corrected chi connectivity index (χ1v) is 8.11. The summed E-state index contributed by atoms with van der Waals surface area (Å²) in [7, 11) is 0. The van der Waals surface area contributed by atoms with Gasteiger partial charge in [-0.3, -0.25) is 9.59 Å². The molecule has 2 fully saturated rings. The highest BCUT2D eigenvalue weighted by atomic mass is 32.1. The van der Waals surface area contributed by atoms with Crippen molar-refractivity contribution in [3.63, 3.8) is 0 Å². The summed E-state index contributed by atoms with van der Waals surface area (Å²) in [6.07, 6.45) is 2.44. The van der Waals surface area contributed by atoms with E-state index >= 15 is 0 Å². The average Bonchev–Trinajstić information content (AvgIpc) is 3.24. The highest BCUT2D eigenvalue weighted by Crippen LogP contribution is 2.40. The Kier molecular flexibility index (Phi) is 3.04. The second kappa shape index (κ2) is 4.95. The van der Waals surface area contributed by atoms with Gasteiger partial charge in [-0.1, -0.05) is 0 Å². The normalized spacial score (nSPS) is 19.5. The van der Waals surface area contributed by atoms with Gasteiger partial charge in [0.1, 0.15) is 5.69 Å². The summed E-state index contributed by atoms with van der Waals surface area (Å²) in [5, 5.41) is 1.78. The zero-order chi connectivity index (χ0) is 15.2. The number of hydrogen-bond donors (Lipinski definition) is 0. The number of carbonyl (C=O) groups is 2. The van der Waals surface area contributed by atoms with Gasteiger partial charge in [0.05, 0.1) is 11.8 Å². The standard InChI is InChI=1S/C15H15N3O3S/c19-13(11-6-22-10-16-11)17-4-3-15(7-17)8-18(9-15)14(20)12-2-1-5-21-12/h1-2,5-6,10H,3-4,7-9H2. The van der Waals surface area contributed by atoms with Crippen LogP contribution in [0.4, 0.5) is 0 Å². The fourth-order valence-electron chi connectivity index (χ4n) is 3.31. The number of aromatic nitrogens is 1. The van der Waals surface area contributed by atoms with Crippen molar-refractivity contribution in [3.05, 3.63) is 40.7 Å². The first-order chi connectivity index (χ1) is 10.7. The van der Waals surface area contributed by atoms with Crippen LogP contribution in [0.2, 0.25) is 0 Å². The second-order valence-corrected chi connectivity index (χ2v) is 6.71. The third kappa shape index (κ3) is 2.12. The molecule has 2 saturated heterocycles. The van der Waals surface area contributed by atoms with E-state index in [0.717, 1.165) is 13.0 Å². The van der Waals surface area contributed by atoms with Crippen molar-refractivity contribution in [1.82, 2.24) is 14.8 Å². The molecule has 2 aliphatic rings. The number of thiazole rings is 1. The summed E-state index contributed by atoms with van der Waals surface area (Å²) >= 11 is 1.43. The van der Waals surface area contributed by atoms with E-state index < -0.39 is 0 Å². The molecule has 0 saturated carbocycles. The second-order valence-electron chi connectivity index (χ2n) is 5.99. The van der Waals surface area contributed by atoms with Crippen LogP contribution in [0.15, 0.2) is 33.7 Å². The molecule has 2 amide bonds. The Morgan fingerprint density at radius 3 is 2.73 bits per heavy atom. The Morgan fingerprint density at radius 2 is 2.05 bits per heavy atom. The summed E-state index contributed by atoms with van der Waals surface area (Å²) in [6.45, 7) is 2.81. The van der Waals surface area contributed by atoms with Crippen LogP contribution in [-0.2, 0) is 0 Å². The van der Waals surface area contributed by atoms with Gasteiger partial charge in [0.25, 0.3) is 11.8 Å². The maximum atomic E-state index is 12.3. The van der Waals surface area contributed by atoms with E-state index in [-0.39, 0.29) is 17.2 Å². The van der Waals surface area contributed by atoms with Crippen LogP contribution in [0.3, 0.4) is 0 Å². The third-order valence-electron chi connectivity index (χ3n) is 4.45. The summed E-state index contributed by atoms with van der Waals surface area (Å²) < 4.78 is 5.15. The SMILES string of the molecule is O=C(c1cscn1)N1CCC2(C1)CN(C(=O)c1ccco1)C2. The van der Waals surface area contributed by atoms with E-state index in [0.29, 0.717) is 31.1 Å². The number of furan rings is 1. The van der Waals surface area contributed by atoms with Crippen molar-refractivity contribution in [1.29, 1.82) is 0 Å². The lowest BCUT2D eigenvalue weighted by Crippen LogP contribution is -2.59. The molecule has 2 aliphatic heterocycles. The molecule has 1 spiro atoms. The molecule has 0 aliphatic carbocycles. The van der Waals surface area contributed by atoms with Gasteiger partial charge in [-0.15, -0.1) is 11.3 Å². The topological polar surface area (TPSA) is 66.7 Å². The van der Waals surface area contributed by atoms with Crippen LogP contribution < -0.4 is 0 Å². The van der Waals surface area contributed by atoms with E-state index in [1.54, 1.807) is 27.9 Å². The van der Waals surface area contributed by atoms with Crippen molar-refractivity contribution < 1.29 is 14.0 Å². The minimum Gasteiger partial charge on any atom is -0.459 e. The van der Waals surface area contributed by atoms with Crippen LogP contribution in [0, 0.1) is 5.41 Å². The molecular weight excluding hydrogens is 302 g/mol. The molecule has 0 atom stereocenters. The van der Waals surface area contributed by atoms with Crippen molar-refractivity contribution in [3.8, 4) is 0 Å². The first-order valence-electron chi connectivity index (χ1n) is 7.17. The first kappa shape index (κ1) is 13.5. The molecule has 2 aromatic heterocycles. The van der Waals surface area contributed by atoms with Gasteiger partial charge in [-0.05, 0) is 18.6 Å². The molecule has 0 aromatic carbocycles. The highest BCUT2D eigenvalue weighted by Gasteiger charge is 2.50. The summed E-state index contributed by atoms with van der Waals surface area (Å²) in [6, 6.07) is 3.40. The molecule has 0 unspecified atom stereocenters. The lowest BCUT2D eigenvalue weighted by molar-refractivity contribution is 0.00866. The zero-order valence-corrected chi connectivity index (χ0v) is 12.7. The number of nitrogens with zero attached hydrogens (tertiary/aromatic N) is 3. The molecule has 0 radical (unpaired) electrons. The van der Waals surface area contributed by atoms with Gasteiger partial charge in [0.2, 0.25) is 0 Å². The fraction of sp³-hybridized carbons (Fsp3) is 0.400. The van der Waals surface area contributed by atoms with Gasteiger partial charge in [0, 0.05) is 37.0 Å². The Morgan fingerprint density at radius 1 is 1.23 bits per heavy atom. The fourth-order valence-corrected chi connectivity index (χ4v) is 3.84. The number of amides is 2. The molecule has 0 bridgehead atoms. The minimum absolute atomic E-state index is 0.00561. The number of rotatable bonds is 2.